The van der Waals surface area contributed by atoms with Crippen molar-refractivity contribution in [1.82, 2.24) is 0 Å². The van der Waals surface area contributed by atoms with Gasteiger partial charge in [-0.05, 0) is 36.1 Å². The quantitative estimate of drug-likeness (QED) is 0.645. The van der Waals surface area contributed by atoms with Crippen molar-refractivity contribution in [3.8, 4) is 0 Å². The first kappa shape index (κ1) is 16.7. The second kappa shape index (κ2) is 8.13. The van der Waals surface area contributed by atoms with Crippen LogP contribution >= 0.6 is 0 Å². The number of benzene rings is 2. The van der Waals surface area contributed by atoms with Crippen LogP contribution in [0, 0.1) is 6.92 Å². The van der Waals surface area contributed by atoms with Crippen molar-refractivity contribution in [2.75, 3.05) is 11.9 Å². The Morgan fingerprint density at radius 2 is 1.78 bits per heavy atom. The van der Waals surface area contributed by atoms with Gasteiger partial charge in [-0.2, -0.15) is 0 Å². The molecule has 0 unspecified atom stereocenters. The van der Waals surface area contributed by atoms with Gasteiger partial charge in [0.2, 0.25) is 0 Å². The summed E-state index contributed by atoms with van der Waals surface area (Å²) in [6, 6.07) is 15.7. The Morgan fingerprint density at radius 3 is 2.39 bits per heavy atom. The van der Waals surface area contributed by atoms with Gasteiger partial charge in [-0.3, -0.25) is 4.79 Å². The highest BCUT2D eigenvalue weighted by molar-refractivity contribution is 5.91. The van der Waals surface area contributed by atoms with Gasteiger partial charge in [0, 0.05) is 5.69 Å². The van der Waals surface area contributed by atoms with Gasteiger partial charge < -0.3 is 10.2 Å². The summed E-state index contributed by atoms with van der Waals surface area (Å²) < 4.78 is 0. The zero-order valence-corrected chi connectivity index (χ0v) is 13.7. The van der Waals surface area contributed by atoms with E-state index in [2.05, 4.69) is 36.5 Å². The smallest absolute Gasteiger partial charge is 0.265 e. The summed E-state index contributed by atoms with van der Waals surface area (Å²) in [5, 5.41) is 6.58. The van der Waals surface area contributed by atoms with Crippen LogP contribution in [0.2, 0.25) is 0 Å². The predicted octanol–water partition coefficient (Wildman–Crippen LogP) is 4.11. The fourth-order valence-electron chi connectivity index (χ4n) is 1.99. The highest BCUT2D eigenvalue weighted by Gasteiger charge is 2.02. The monoisotopic (exact) mass is 310 g/mol. The lowest BCUT2D eigenvalue weighted by Gasteiger charge is -2.05. The number of carbonyl (C=O) groups excluding carboxylic acids is 1. The SMILES string of the molecule is Cc1ccc(NC(=O)CO/N=C\c2ccc(C(C)C)cc2)cc1. The second-order valence-corrected chi connectivity index (χ2v) is 5.74. The summed E-state index contributed by atoms with van der Waals surface area (Å²) in [5.41, 5.74) is 4.11. The number of anilines is 1. The minimum Gasteiger partial charge on any atom is -0.386 e. The third kappa shape index (κ3) is 5.58. The topological polar surface area (TPSA) is 50.7 Å². The van der Waals surface area contributed by atoms with E-state index in [0.717, 1.165) is 16.8 Å². The first-order valence-corrected chi connectivity index (χ1v) is 7.66. The minimum atomic E-state index is -0.235. The Hall–Kier alpha value is -2.62. The highest BCUT2D eigenvalue weighted by atomic mass is 16.6. The molecule has 4 heteroatoms. The van der Waals surface area contributed by atoms with Gasteiger partial charge >= 0.3 is 0 Å². The number of nitrogens with zero attached hydrogens (tertiary/aromatic N) is 1. The van der Waals surface area contributed by atoms with Crippen molar-refractivity contribution in [2.45, 2.75) is 26.7 Å². The van der Waals surface area contributed by atoms with Crippen LogP contribution in [0.25, 0.3) is 0 Å². The average molecular weight is 310 g/mol. The van der Waals surface area contributed by atoms with E-state index < -0.39 is 0 Å². The molecule has 4 nitrogen and oxygen atoms in total. The molecule has 23 heavy (non-hydrogen) atoms. The molecular formula is C19H22N2O2. The Kier molecular flexibility index (Phi) is 5.92. The first-order chi connectivity index (χ1) is 11.0. The van der Waals surface area contributed by atoms with Crippen LogP contribution in [0.4, 0.5) is 5.69 Å². The number of oxime groups is 1. The molecule has 0 aliphatic carbocycles. The molecule has 0 radical (unpaired) electrons. The molecule has 0 saturated carbocycles. The molecule has 120 valence electrons. The number of aryl methyl sites for hydroxylation is 1. The lowest BCUT2D eigenvalue weighted by Crippen LogP contribution is -2.16. The van der Waals surface area contributed by atoms with E-state index >= 15 is 0 Å². The van der Waals surface area contributed by atoms with Crippen LogP contribution < -0.4 is 5.32 Å². The summed E-state index contributed by atoms with van der Waals surface area (Å²) >= 11 is 0. The van der Waals surface area contributed by atoms with Gasteiger partial charge in [-0.15, -0.1) is 0 Å². The van der Waals surface area contributed by atoms with Crippen molar-refractivity contribution in [3.05, 3.63) is 65.2 Å². The van der Waals surface area contributed by atoms with E-state index in [4.69, 9.17) is 4.84 Å². The lowest BCUT2D eigenvalue weighted by atomic mass is 10.0. The van der Waals surface area contributed by atoms with Gasteiger partial charge in [0.15, 0.2) is 6.61 Å². The van der Waals surface area contributed by atoms with E-state index in [1.165, 1.54) is 5.56 Å². The van der Waals surface area contributed by atoms with E-state index in [1.54, 1.807) is 6.21 Å². The van der Waals surface area contributed by atoms with Crippen LogP contribution in [0.15, 0.2) is 53.7 Å². The summed E-state index contributed by atoms with van der Waals surface area (Å²) in [6.45, 7) is 6.18. The van der Waals surface area contributed by atoms with Crippen LogP contribution in [-0.2, 0) is 9.63 Å². The summed E-state index contributed by atoms with van der Waals surface area (Å²) in [6.07, 6.45) is 1.60. The van der Waals surface area contributed by atoms with Crippen LogP contribution in [0.5, 0.6) is 0 Å². The molecule has 0 saturated heterocycles. The zero-order chi connectivity index (χ0) is 16.7. The molecule has 1 N–H and O–H groups in total. The molecular weight excluding hydrogens is 288 g/mol. The average Bonchev–Trinajstić information content (AvgIpc) is 2.54. The van der Waals surface area contributed by atoms with Crippen molar-refractivity contribution < 1.29 is 9.63 Å². The van der Waals surface area contributed by atoms with Crippen molar-refractivity contribution in [1.29, 1.82) is 0 Å². The minimum absolute atomic E-state index is 0.117. The Morgan fingerprint density at radius 1 is 1.13 bits per heavy atom. The zero-order valence-electron chi connectivity index (χ0n) is 13.7. The van der Waals surface area contributed by atoms with Crippen molar-refractivity contribution >= 4 is 17.8 Å². The van der Waals surface area contributed by atoms with Gasteiger partial charge in [-0.1, -0.05) is 61.0 Å². The fraction of sp³-hybridized carbons (Fsp3) is 0.263. The fourth-order valence-corrected chi connectivity index (χ4v) is 1.99. The van der Waals surface area contributed by atoms with Gasteiger partial charge in [0.05, 0.1) is 6.21 Å². The van der Waals surface area contributed by atoms with E-state index in [-0.39, 0.29) is 12.5 Å². The van der Waals surface area contributed by atoms with Crippen LogP contribution in [0.1, 0.15) is 36.5 Å². The summed E-state index contributed by atoms with van der Waals surface area (Å²) in [4.78, 5) is 16.7. The number of amides is 1. The van der Waals surface area contributed by atoms with Crippen LogP contribution in [-0.4, -0.2) is 18.7 Å². The Labute approximate surface area is 137 Å². The maximum atomic E-state index is 11.7. The van der Waals surface area contributed by atoms with Gasteiger partial charge in [0.25, 0.3) is 5.91 Å². The molecule has 2 aromatic carbocycles. The number of carbonyl (C=O) groups is 1. The first-order valence-electron chi connectivity index (χ1n) is 7.66. The number of nitrogens with one attached hydrogen (secondary N) is 1. The van der Waals surface area contributed by atoms with Crippen molar-refractivity contribution in [2.24, 2.45) is 5.16 Å². The maximum absolute atomic E-state index is 11.7. The lowest BCUT2D eigenvalue weighted by molar-refractivity contribution is -0.120. The number of hydrogen-bond donors (Lipinski definition) is 1. The highest BCUT2D eigenvalue weighted by Crippen LogP contribution is 2.14. The molecule has 0 aromatic heterocycles. The molecule has 0 aliphatic rings. The molecule has 0 aliphatic heterocycles. The van der Waals surface area contributed by atoms with Gasteiger partial charge in [-0.25, -0.2) is 0 Å². The van der Waals surface area contributed by atoms with Crippen LogP contribution in [0.3, 0.4) is 0 Å². The standard InChI is InChI=1S/C19H22N2O2/c1-14(2)17-8-6-16(7-9-17)12-20-23-13-19(22)21-18-10-4-15(3)5-11-18/h4-12,14H,13H2,1-3H3,(H,21,22)/b20-12-. The largest absolute Gasteiger partial charge is 0.386 e. The van der Waals surface area contributed by atoms with E-state index in [9.17, 15) is 4.79 Å². The molecule has 0 atom stereocenters. The normalized spacial score (nSPS) is 11.0. The maximum Gasteiger partial charge on any atom is 0.265 e. The molecule has 0 bridgehead atoms. The third-order valence-corrected chi connectivity index (χ3v) is 3.41. The molecule has 2 rings (SSSR count). The second-order valence-electron chi connectivity index (χ2n) is 5.74. The summed E-state index contributed by atoms with van der Waals surface area (Å²) in [5.74, 6) is 0.267. The molecule has 0 fully saturated rings. The predicted molar refractivity (Wildman–Crippen MR) is 93.9 cm³/mol. The van der Waals surface area contributed by atoms with Crippen molar-refractivity contribution in [3.63, 3.8) is 0 Å². The molecule has 1 amide bonds. The van der Waals surface area contributed by atoms with E-state index in [1.807, 2.05) is 43.3 Å². The van der Waals surface area contributed by atoms with Gasteiger partial charge in [0.1, 0.15) is 0 Å². The molecule has 0 spiro atoms. The molecule has 2 aromatic rings. The number of rotatable bonds is 6. The third-order valence-electron chi connectivity index (χ3n) is 3.41. The number of hydrogen-bond acceptors (Lipinski definition) is 3. The Bertz CT molecular complexity index is 659. The summed E-state index contributed by atoms with van der Waals surface area (Å²) in [7, 11) is 0. The Balaban J connectivity index is 1.77. The molecule has 0 heterocycles. The van der Waals surface area contributed by atoms with E-state index in [0.29, 0.717) is 5.92 Å².